The van der Waals surface area contributed by atoms with Gasteiger partial charge in [0.25, 0.3) is 0 Å². The lowest BCUT2D eigenvalue weighted by Crippen LogP contribution is -2.05. The Bertz CT molecular complexity index is 564. The Morgan fingerprint density at radius 1 is 1.37 bits per heavy atom. The van der Waals surface area contributed by atoms with Crippen LogP contribution in [-0.4, -0.2) is 27.9 Å². The van der Waals surface area contributed by atoms with Crippen molar-refractivity contribution in [1.29, 1.82) is 0 Å². The van der Waals surface area contributed by atoms with Crippen molar-refractivity contribution < 1.29 is 9.53 Å². The van der Waals surface area contributed by atoms with Gasteiger partial charge in [0, 0.05) is 13.0 Å². The van der Waals surface area contributed by atoms with Crippen LogP contribution >= 0.6 is 0 Å². The highest BCUT2D eigenvalue weighted by Crippen LogP contribution is 2.19. The Morgan fingerprint density at radius 2 is 2.21 bits per heavy atom. The van der Waals surface area contributed by atoms with Crippen LogP contribution in [0.3, 0.4) is 0 Å². The molecule has 0 saturated heterocycles. The van der Waals surface area contributed by atoms with Crippen LogP contribution in [0.2, 0.25) is 0 Å². The number of carbonyl (C=O) groups is 1. The van der Waals surface area contributed by atoms with Crippen molar-refractivity contribution in [1.82, 2.24) is 15.0 Å². The van der Waals surface area contributed by atoms with Gasteiger partial charge in [-0.15, -0.1) is 5.10 Å². The molecule has 0 aliphatic heterocycles. The molecule has 0 amide bonds. The van der Waals surface area contributed by atoms with Crippen LogP contribution in [0.15, 0.2) is 24.4 Å². The second kappa shape index (κ2) is 6.13. The highest BCUT2D eigenvalue weighted by atomic mass is 16.5. The molecule has 5 nitrogen and oxygen atoms in total. The number of rotatable bonds is 6. The molecule has 19 heavy (non-hydrogen) atoms. The zero-order valence-corrected chi connectivity index (χ0v) is 11.2. The third-order valence-electron chi connectivity index (χ3n) is 2.81. The molecular formula is C14H17N3O2. The first kappa shape index (κ1) is 13.3. The highest BCUT2D eigenvalue weighted by Gasteiger charge is 2.01. The van der Waals surface area contributed by atoms with Gasteiger partial charge in [0.15, 0.2) is 6.29 Å². The van der Waals surface area contributed by atoms with E-state index in [9.17, 15) is 4.79 Å². The van der Waals surface area contributed by atoms with E-state index in [4.69, 9.17) is 4.74 Å². The third-order valence-corrected chi connectivity index (χ3v) is 2.81. The summed E-state index contributed by atoms with van der Waals surface area (Å²) < 4.78 is 7.39. The average Bonchev–Trinajstić information content (AvgIpc) is 2.86. The molecule has 2 rings (SSSR count). The van der Waals surface area contributed by atoms with Gasteiger partial charge in [-0.05, 0) is 31.0 Å². The minimum atomic E-state index is 0.357. The van der Waals surface area contributed by atoms with Crippen molar-refractivity contribution >= 4 is 6.29 Å². The predicted octanol–water partition coefficient (Wildman–Crippen LogP) is 2.18. The van der Waals surface area contributed by atoms with Crippen LogP contribution < -0.4 is 4.74 Å². The van der Waals surface area contributed by atoms with E-state index in [1.54, 1.807) is 10.9 Å². The normalized spacial score (nSPS) is 10.4. The summed E-state index contributed by atoms with van der Waals surface area (Å²) in [5.41, 5.74) is 2.68. The van der Waals surface area contributed by atoms with Crippen LogP contribution in [0.4, 0.5) is 0 Å². The lowest BCUT2D eigenvalue weighted by atomic mass is 10.1. The number of aromatic nitrogens is 3. The monoisotopic (exact) mass is 259 g/mol. The standard InChI is InChI=1S/C14H17N3O2/c1-11-4-5-12(2)14(8-11)19-7-3-6-17-9-13(10-18)15-16-17/h4-5,8-10H,3,6-7H2,1-2H3. The van der Waals surface area contributed by atoms with Crippen molar-refractivity contribution in [3.63, 3.8) is 0 Å². The predicted molar refractivity (Wildman–Crippen MR) is 71.4 cm³/mol. The first-order chi connectivity index (χ1) is 9.19. The summed E-state index contributed by atoms with van der Waals surface area (Å²) in [7, 11) is 0. The SMILES string of the molecule is Cc1ccc(C)c(OCCCn2cc(C=O)nn2)c1. The van der Waals surface area contributed by atoms with Crippen LogP contribution in [0, 0.1) is 13.8 Å². The smallest absolute Gasteiger partial charge is 0.171 e. The Balaban J connectivity index is 1.80. The highest BCUT2D eigenvalue weighted by molar-refractivity contribution is 5.70. The van der Waals surface area contributed by atoms with Crippen molar-refractivity contribution in [2.24, 2.45) is 0 Å². The van der Waals surface area contributed by atoms with E-state index in [-0.39, 0.29) is 0 Å². The van der Waals surface area contributed by atoms with Gasteiger partial charge in [-0.25, -0.2) is 0 Å². The lowest BCUT2D eigenvalue weighted by Gasteiger charge is -2.09. The number of nitrogens with zero attached hydrogens (tertiary/aromatic N) is 3. The number of aryl methyl sites for hydroxylation is 3. The molecule has 0 saturated carbocycles. The molecule has 1 aromatic carbocycles. The zero-order valence-electron chi connectivity index (χ0n) is 11.2. The second-order valence-corrected chi connectivity index (χ2v) is 4.50. The first-order valence-electron chi connectivity index (χ1n) is 6.24. The molecule has 0 unspecified atom stereocenters. The van der Waals surface area contributed by atoms with E-state index in [2.05, 4.69) is 22.4 Å². The van der Waals surface area contributed by atoms with Gasteiger partial charge in [0.1, 0.15) is 11.4 Å². The minimum absolute atomic E-state index is 0.357. The van der Waals surface area contributed by atoms with Gasteiger partial charge in [-0.1, -0.05) is 17.3 Å². The molecule has 100 valence electrons. The van der Waals surface area contributed by atoms with Crippen molar-refractivity contribution in [3.05, 3.63) is 41.2 Å². The van der Waals surface area contributed by atoms with Crippen LogP contribution in [0.5, 0.6) is 5.75 Å². The summed E-state index contributed by atoms with van der Waals surface area (Å²) >= 11 is 0. The fourth-order valence-corrected chi connectivity index (χ4v) is 1.75. The van der Waals surface area contributed by atoms with Gasteiger partial charge in [-0.2, -0.15) is 0 Å². The Hall–Kier alpha value is -2.17. The summed E-state index contributed by atoms with van der Waals surface area (Å²) in [4.78, 5) is 10.5. The maximum absolute atomic E-state index is 10.5. The molecule has 0 fully saturated rings. The second-order valence-electron chi connectivity index (χ2n) is 4.50. The van der Waals surface area contributed by atoms with E-state index in [1.165, 1.54) is 5.56 Å². The maximum atomic E-state index is 10.5. The maximum Gasteiger partial charge on any atom is 0.171 e. The van der Waals surface area contributed by atoms with Crippen molar-refractivity contribution in [3.8, 4) is 5.75 Å². The summed E-state index contributed by atoms with van der Waals surface area (Å²) in [5.74, 6) is 0.923. The van der Waals surface area contributed by atoms with E-state index in [0.29, 0.717) is 25.1 Å². The lowest BCUT2D eigenvalue weighted by molar-refractivity contribution is 0.111. The zero-order chi connectivity index (χ0) is 13.7. The van der Waals surface area contributed by atoms with Gasteiger partial charge in [0.05, 0.1) is 12.8 Å². The van der Waals surface area contributed by atoms with Crippen molar-refractivity contribution in [2.75, 3.05) is 6.61 Å². The third kappa shape index (κ3) is 3.64. The van der Waals surface area contributed by atoms with Crippen LogP contribution in [0.25, 0.3) is 0 Å². The van der Waals surface area contributed by atoms with Gasteiger partial charge >= 0.3 is 0 Å². The number of hydrogen-bond acceptors (Lipinski definition) is 4. The molecule has 0 aliphatic rings. The van der Waals surface area contributed by atoms with Crippen molar-refractivity contribution in [2.45, 2.75) is 26.8 Å². The molecule has 1 aromatic heterocycles. The molecule has 5 heteroatoms. The number of benzene rings is 1. The van der Waals surface area contributed by atoms with E-state index >= 15 is 0 Å². The Morgan fingerprint density at radius 3 is 2.95 bits per heavy atom. The van der Waals surface area contributed by atoms with Crippen LogP contribution in [-0.2, 0) is 6.54 Å². The molecule has 0 bridgehead atoms. The summed E-state index contributed by atoms with van der Waals surface area (Å²) in [6, 6.07) is 6.16. The molecule has 0 radical (unpaired) electrons. The van der Waals surface area contributed by atoms with Gasteiger partial charge in [-0.3, -0.25) is 9.48 Å². The molecule has 0 spiro atoms. The molecule has 1 heterocycles. The van der Waals surface area contributed by atoms with Crippen LogP contribution in [0.1, 0.15) is 28.0 Å². The number of ether oxygens (including phenoxy) is 1. The number of hydrogen-bond donors (Lipinski definition) is 0. The number of aldehydes is 1. The van der Waals surface area contributed by atoms with E-state index < -0.39 is 0 Å². The molecule has 0 N–H and O–H groups in total. The fourth-order valence-electron chi connectivity index (χ4n) is 1.75. The summed E-state index contributed by atoms with van der Waals surface area (Å²) in [6.07, 6.45) is 3.13. The quantitative estimate of drug-likeness (QED) is 0.589. The Kier molecular flexibility index (Phi) is 4.28. The minimum Gasteiger partial charge on any atom is -0.493 e. The summed E-state index contributed by atoms with van der Waals surface area (Å²) in [6.45, 7) is 5.37. The Labute approximate surface area is 112 Å². The van der Waals surface area contributed by atoms with E-state index in [0.717, 1.165) is 17.7 Å². The molecular weight excluding hydrogens is 242 g/mol. The van der Waals surface area contributed by atoms with Gasteiger partial charge < -0.3 is 4.74 Å². The number of carbonyl (C=O) groups excluding carboxylic acids is 1. The fraction of sp³-hybridized carbons (Fsp3) is 0.357. The van der Waals surface area contributed by atoms with E-state index in [1.807, 2.05) is 19.9 Å². The molecule has 2 aromatic rings. The molecule has 0 atom stereocenters. The average molecular weight is 259 g/mol. The largest absolute Gasteiger partial charge is 0.493 e. The summed E-state index contributed by atoms with van der Waals surface area (Å²) in [5, 5.41) is 7.54. The van der Waals surface area contributed by atoms with Gasteiger partial charge in [0.2, 0.25) is 0 Å². The molecule has 0 aliphatic carbocycles. The first-order valence-corrected chi connectivity index (χ1v) is 6.24. The topological polar surface area (TPSA) is 57.0 Å².